The van der Waals surface area contributed by atoms with Crippen LogP contribution in [0.1, 0.15) is 0 Å². The standard InChI is InChI=1S/C39H28B5N3O2/c40-31-30(32(41)34(43)35(44)33(31)42)24-12-6-11-22-21-17-16-20(18-28(21)49-36(22)24)38-45-37(19-8-2-1-3-9-19)46-39(47-38)25-13-7-15-27-29(25)23-10-4-5-14-26(23)48-27/h1-18H,40-44H2. The van der Waals surface area contributed by atoms with Crippen molar-refractivity contribution < 1.29 is 8.83 Å². The molecule has 49 heavy (non-hydrogen) atoms. The largest absolute Gasteiger partial charge is 0.456 e. The molecular formula is C39H28B5N3O2. The van der Waals surface area contributed by atoms with E-state index < -0.39 is 0 Å². The second kappa shape index (κ2) is 11.2. The average Bonchev–Trinajstić information content (AvgIpc) is 3.72. The molecule has 0 amide bonds. The predicted molar refractivity (Wildman–Crippen MR) is 217 cm³/mol. The molecule has 0 spiro atoms. The first-order valence-corrected chi connectivity index (χ1v) is 16.6. The molecule has 0 aliphatic rings. The van der Waals surface area contributed by atoms with E-state index in [4.69, 9.17) is 23.8 Å². The van der Waals surface area contributed by atoms with Gasteiger partial charge in [-0.3, -0.25) is 0 Å². The Labute approximate surface area is 287 Å². The van der Waals surface area contributed by atoms with E-state index >= 15 is 0 Å². The second-order valence-corrected chi connectivity index (χ2v) is 12.9. The quantitative estimate of drug-likeness (QED) is 0.279. The lowest BCUT2D eigenvalue weighted by atomic mass is 9.59. The normalized spacial score (nSPS) is 11.7. The first kappa shape index (κ1) is 29.4. The lowest BCUT2D eigenvalue weighted by Crippen LogP contribution is -2.55. The summed E-state index contributed by atoms with van der Waals surface area (Å²) < 4.78 is 13.0. The van der Waals surface area contributed by atoms with Gasteiger partial charge in [-0.2, -0.15) is 0 Å². The lowest BCUT2D eigenvalue weighted by Gasteiger charge is -2.20. The van der Waals surface area contributed by atoms with E-state index in [0.29, 0.717) is 17.5 Å². The number of aromatic nitrogens is 3. The van der Waals surface area contributed by atoms with Crippen LogP contribution in [-0.4, -0.2) is 54.2 Å². The molecule has 3 heterocycles. The fraction of sp³-hybridized carbons (Fsp3) is 0. The van der Waals surface area contributed by atoms with Crippen molar-refractivity contribution in [2.45, 2.75) is 0 Å². The highest BCUT2D eigenvalue weighted by molar-refractivity contribution is 6.68. The maximum atomic E-state index is 6.76. The molecule has 0 bridgehead atoms. The van der Waals surface area contributed by atoms with Gasteiger partial charge in [-0.05, 0) is 29.8 Å². The Morgan fingerprint density at radius 1 is 0.408 bits per heavy atom. The minimum atomic E-state index is 0.577. The van der Waals surface area contributed by atoms with Crippen molar-refractivity contribution in [3.05, 3.63) is 109 Å². The van der Waals surface area contributed by atoms with Gasteiger partial charge in [-0.25, -0.2) is 15.0 Å². The van der Waals surface area contributed by atoms with Crippen LogP contribution in [0, 0.1) is 0 Å². The van der Waals surface area contributed by atoms with E-state index in [1.807, 2.05) is 60.7 Å². The van der Waals surface area contributed by atoms with E-state index in [1.165, 1.54) is 32.9 Å². The molecule has 9 aromatic rings. The number of fused-ring (bicyclic) bond motifs is 6. The smallest absolute Gasteiger partial charge is 0.164 e. The van der Waals surface area contributed by atoms with Gasteiger partial charge >= 0.3 is 0 Å². The van der Waals surface area contributed by atoms with Crippen LogP contribution in [-0.2, 0) is 0 Å². The van der Waals surface area contributed by atoms with Gasteiger partial charge in [0.05, 0.1) is 0 Å². The number of benzene rings is 6. The van der Waals surface area contributed by atoms with E-state index in [1.54, 1.807) is 0 Å². The number of rotatable bonds is 4. The highest BCUT2D eigenvalue weighted by Crippen LogP contribution is 2.38. The second-order valence-electron chi connectivity index (χ2n) is 12.9. The van der Waals surface area contributed by atoms with Crippen molar-refractivity contribution in [3.63, 3.8) is 0 Å². The molecule has 9 rings (SSSR count). The van der Waals surface area contributed by atoms with Gasteiger partial charge in [0.2, 0.25) is 0 Å². The van der Waals surface area contributed by atoms with E-state index in [2.05, 4.69) is 87.8 Å². The summed E-state index contributed by atoms with van der Waals surface area (Å²) in [6.07, 6.45) is 0. The van der Waals surface area contributed by atoms with Gasteiger partial charge in [0.25, 0.3) is 0 Å². The molecule has 0 saturated heterocycles. The summed E-state index contributed by atoms with van der Waals surface area (Å²) in [4.78, 5) is 15.2. The maximum Gasteiger partial charge on any atom is 0.164 e. The van der Waals surface area contributed by atoms with E-state index in [-0.39, 0.29) is 0 Å². The van der Waals surface area contributed by atoms with E-state index in [9.17, 15) is 0 Å². The molecule has 5 nitrogen and oxygen atoms in total. The fourth-order valence-corrected chi connectivity index (χ4v) is 7.34. The van der Waals surface area contributed by atoms with Crippen molar-refractivity contribution in [1.29, 1.82) is 0 Å². The summed E-state index contributed by atoms with van der Waals surface area (Å²) in [7, 11) is 11.1. The Bertz CT molecular complexity index is 2760. The molecule has 3 aromatic heterocycles. The monoisotopic (exact) mass is 625 g/mol. The SMILES string of the molecule is Bc1c(B)c(B)c(-c2cccc3c2oc2cc(-c4nc(-c5ccccc5)nc(-c5cccc6oc7ccccc7c56)n4)ccc23)c(B)c1B. The molecule has 0 unspecified atom stereocenters. The molecule has 0 N–H and O–H groups in total. The molecule has 0 radical (unpaired) electrons. The van der Waals surface area contributed by atoms with Crippen molar-refractivity contribution >= 4 is 110 Å². The highest BCUT2D eigenvalue weighted by Gasteiger charge is 2.21. The molecule has 10 heteroatoms. The minimum absolute atomic E-state index is 0.577. The molecule has 0 saturated carbocycles. The third-order valence-corrected chi connectivity index (χ3v) is 10.3. The summed E-state index contributed by atoms with van der Waals surface area (Å²) in [5, 5.41) is 4.17. The summed E-state index contributed by atoms with van der Waals surface area (Å²) >= 11 is 0. The zero-order chi connectivity index (χ0) is 33.4. The molecule has 0 aliphatic heterocycles. The van der Waals surface area contributed by atoms with Crippen molar-refractivity contribution in [1.82, 2.24) is 15.0 Å². The maximum absolute atomic E-state index is 6.76. The summed E-state index contributed by atoms with van der Waals surface area (Å²) in [6.45, 7) is 0. The number of furan rings is 2. The molecule has 0 atom stereocenters. The third kappa shape index (κ3) is 4.58. The van der Waals surface area contributed by atoms with Crippen molar-refractivity contribution in [2.75, 3.05) is 0 Å². The zero-order valence-electron chi connectivity index (χ0n) is 28.1. The predicted octanol–water partition coefficient (Wildman–Crippen LogP) is 1.63. The highest BCUT2D eigenvalue weighted by atomic mass is 16.3. The third-order valence-electron chi connectivity index (χ3n) is 10.3. The van der Waals surface area contributed by atoms with Gasteiger partial charge in [0, 0.05) is 43.8 Å². The van der Waals surface area contributed by atoms with Gasteiger partial charge in [0.1, 0.15) is 61.6 Å². The van der Waals surface area contributed by atoms with E-state index in [0.717, 1.165) is 66.1 Å². The number of nitrogens with zero attached hydrogens (tertiary/aromatic N) is 3. The van der Waals surface area contributed by atoms with Crippen LogP contribution < -0.4 is 27.3 Å². The fourth-order valence-electron chi connectivity index (χ4n) is 7.34. The number of hydrogen-bond donors (Lipinski definition) is 0. The van der Waals surface area contributed by atoms with Crippen LogP contribution in [0.5, 0.6) is 0 Å². The van der Waals surface area contributed by atoms with Crippen LogP contribution in [0.25, 0.3) is 89.2 Å². The van der Waals surface area contributed by atoms with Gasteiger partial charge in [-0.1, -0.05) is 95.9 Å². The van der Waals surface area contributed by atoms with Crippen molar-refractivity contribution in [3.8, 4) is 45.3 Å². The molecule has 6 aromatic carbocycles. The molecule has 0 aliphatic carbocycles. The van der Waals surface area contributed by atoms with Crippen molar-refractivity contribution in [2.24, 2.45) is 0 Å². The van der Waals surface area contributed by atoms with Crippen LogP contribution in [0.2, 0.25) is 0 Å². The van der Waals surface area contributed by atoms with Crippen LogP contribution in [0.4, 0.5) is 0 Å². The Hall–Kier alpha value is -5.75. The lowest BCUT2D eigenvalue weighted by molar-refractivity contribution is 0.669. The van der Waals surface area contributed by atoms with Gasteiger partial charge in [0.15, 0.2) is 17.5 Å². The van der Waals surface area contributed by atoms with Crippen LogP contribution in [0.3, 0.4) is 0 Å². The summed E-state index contributed by atoms with van der Waals surface area (Å²) in [5.41, 5.74) is 14.9. The average molecular weight is 625 g/mol. The summed E-state index contributed by atoms with van der Waals surface area (Å²) in [6, 6.07) is 36.9. The van der Waals surface area contributed by atoms with Gasteiger partial charge < -0.3 is 8.83 Å². The zero-order valence-corrected chi connectivity index (χ0v) is 28.1. The Morgan fingerprint density at radius 2 is 1.02 bits per heavy atom. The first-order valence-electron chi connectivity index (χ1n) is 16.6. The molecule has 0 fully saturated rings. The number of hydrogen-bond acceptors (Lipinski definition) is 5. The first-order chi connectivity index (χ1) is 23.9. The minimum Gasteiger partial charge on any atom is -0.456 e. The Balaban J connectivity index is 1.26. The topological polar surface area (TPSA) is 65.0 Å². The van der Waals surface area contributed by atoms with Crippen LogP contribution in [0.15, 0.2) is 118 Å². The Kier molecular flexibility index (Phi) is 6.70. The molecule has 226 valence electrons. The molecular weight excluding hydrogens is 597 g/mol. The summed E-state index contributed by atoms with van der Waals surface area (Å²) in [5.74, 6) is 1.77. The van der Waals surface area contributed by atoms with Crippen LogP contribution >= 0.6 is 0 Å². The van der Waals surface area contributed by atoms with Gasteiger partial charge in [-0.15, -0.1) is 16.4 Å². The Morgan fingerprint density at radius 3 is 1.82 bits per heavy atom. The number of para-hydroxylation sites is 2.